The summed E-state index contributed by atoms with van der Waals surface area (Å²) in [6.07, 6.45) is 2.45. The molecular formula is C24H35N5O4S. The van der Waals surface area contributed by atoms with Crippen LogP contribution in [0.2, 0.25) is 0 Å². The Hall–Kier alpha value is -2.75. The number of carbonyl (C=O) groups excluding carboxylic acids is 3. The minimum absolute atomic E-state index is 0.0521. The number of carbonyl (C=O) groups is 3. The summed E-state index contributed by atoms with van der Waals surface area (Å²) in [4.78, 5) is 40.3. The van der Waals surface area contributed by atoms with Crippen LogP contribution in [0.15, 0.2) is 29.4 Å². The fourth-order valence-corrected chi connectivity index (χ4v) is 4.67. The number of hydrazone groups is 1. The molecule has 1 unspecified atom stereocenters. The van der Waals surface area contributed by atoms with E-state index in [2.05, 4.69) is 15.8 Å². The first kappa shape index (κ1) is 25.9. The lowest BCUT2D eigenvalue weighted by Gasteiger charge is -2.39. The highest BCUT2D eigenvalue weighted by atomic mass is 32.2. The maximum atomic E-state index is 12.4. The Bertz CT molecular complexity index is 930. The van der Waals surface area contributed by atoms with Gasteiger partial charge in [0.05, 0.1) is 6.54 Å². The van der Waals surface area contributed by atoms with Crippen LogP contribution in [0.1, 0.15) is 52.0 Å². The molecule has 3 rings (SSSR count). The van der Waals surface area contributed by atoms with Crippen molar-refractivity contribution in [2.24, 2.45) is 5.10 Å². The van der Waals surface area contributed by atoms with Crippen LogP contribution in [-0.2, 0) is 14.3 Å². The average Bonchev–Trinajstić information content (AvgIpc) is 2.77. The number of amidine groups is 1. The molecule has 1 atom stereocenters. The Morgan fingerprint density at radius 3 is 2.85 bits per heavy atom. The van der Waals surface area contributed by atoms with Crippen molar-refractivity contribution in [3.8, 4) is 0 Å². The number of unbranched alkanes of at least 4 members (excludes halogenated alkanes) is 2. The molecule has 10 heteroatoms. The third kappa shape index (κ3) is 7.38. The molecule has 0 aliphatic carbocycles. The maximum absolute atomic E-state index is 12.4. The predicted molar refractivity (Wildman–Crippen MR) is 135 cm³/mol. The molecule has 0 spiro atoms. The van der Waals surface area contributed by atoms with E-state index in [0.29, 0.717) is 25.2 Å². The topological polar surface area (TPSA) is 103 Å². The first-order chi connectivity index (χ1) is 16.1. The third-order valence-electron chi connectivity index (χ3n) is 5.47. The Kier molecular flexibility index (Phi) is 8.82. The predicted octanol–water partition coefficient (Wildman–Crippen LogP) is 3.26. The molecule has 2 aliphatic rings. The highest BCUT2D eigenvalue weighted by Gasteiger charge is 2.35. The number of ether oxygens (including phenoxy) is 1. The van der Waals surface area contributed by atoms with Crippen LogP contribution in [0, 0.1) is 0 Å². The van der Waals surface area contributed by atoms with Crippen LogP contribution in [0.5, 0.6) is 0 Å². The van der Waals surface area contributed by atoms with E-state index in [1.165, 1.54) is 11.8 Å². The lowest BCUT2D eigenvalue weighted by molar-refractivity contribution is -0.116. The fraction of sp³-hybridized carbons (Fsp3) is 0.583. The maximum Gasteiger partial charge on any atom is 0.410 e. The van der Waals surface area contributed by atoms with Crippen molar-refractivity contribution in [3.63, 3.8) is 0 Å². The van der Waals surface area contributed by atoms with E-state index in [0.717, 1.165) is 43.0 Å². The largest absolute Gasteiger partial charge is 0.444 e. The molecule has 0 saturated carbocycles. The summed E-state index contributed by atoms with van der Waals surface area (Å²) in [5.41, 5.74) is 4.04. The Morgan fingerprint density at radius 1 is 1.29 bits per heavy atom. The van der Waals surface area contributed by atoms with Gasteiger partial charge in [0, 0.05) is 43.6 Å². The van der Waals surface area contributed by atoms with E-state index in [1.807, 2.05) is 49.9 Å². The van der Waals surface area contributed by atoms with Gasteiger partial charge in [-0.15, -0.1) is 0 Å². The standard InChI is InChI=1S/C24H35N5O4S/c1-24(2,3)33-23(32)28(4)12-7-5-6-11-20(30)26-18-10-8-9-17(15-18)21-27-25-16-19-22(31)34-14-13-29(19)21/h8-10,15,19,25H,5-7,11-14,16H2,1-4H3,(H,26,30). The van der Waals surface area contributed by atoms with Gasteiger partial charge >= 0.3 is 6.09 Å². The molecule has 186 valence electrons. The van der Waals surface area contributed by atoms with Crippen molar-refractivity contribution in [1.29, 1.82) is 0 Å². The molecule has 0 aromatic heterocycles. The van der Waals surface area contributed by atoms with E-state index in [-0.39, 0.29) is 23.2 Å². The molecule has 2 aliphatic heterocycles. The van der Waals surface area contributed by atoms with Gasteiger partial charge in [0.25, 0.3) is 0 Å². The molecule has 2 N–H and O–H groups in total. The second kappa shape index (κ2) is 11.6. The quantitative estimate of drug-likeness (QED) is 0.540. The number of anilines is 1. The number of amides is 2. The zero-order valence-electron chi connectivity index (χ0n) is 20.4. The number of nitrogens with one attached hydrogen (secondary N) is 2. The molecule has 1 saturated heterocycles. The summed E-state index contributed by atoms with van der Waals surface area (Å²) in [6, 6.07) is 7.35. The third-order valence-corrected chi connectivity index (χ3v) is 6.42. The molecule has 1 fully saturated rings. The normalized spacial score (nSPS) is 17.9. The number of nitrogens with zero attached hydrogens (tertiary/aromatic N) is 3. The molecule has 2 amide bonds. The van der Waals surface area contributed by atoms with Gasteiger partial charge in [0.15, 0.2) is 5.84 Å². The van der Waals surface area contributed by atoms with Gasteiger partial charge < -0.3 is 25.3 Å². The molecule has 34 heavy (non-hydrogen) atoms. The van der Waals surface area contributed by atoms with Gasteiger partial charge in [-0.25, -0.2) is 4.79 Å². The van der Waals surface area contributed by atoms with Crippen LogP contribution in [0.25, 0.3) is 0 Å². The second-order valence-electron chi connectivity index (χ2n) is 9.52. The lowest BCUT2D eigenvalue weighted by Crippen LogP contribution is -2.56. The molecule has 0 radical (unpaired) electrons. The average molecular weight is 490 g/mol. The van der Waals surface area contributed by atoms with Crippen LogP contribution in [-0.4, -0.2) is 76.8 Å². The number of rotatable bonds is 8. The van der Waals surface area contributed by atoms with Crippen LogP contribution < -0.4 is 10.7 Å². The first-order valence-corrected chi connectivity index (χ1v) is 12.7. The van der Waals surface area contributed by atoms with E-state index in [9.17, 15) is 14.4 Å². The first-order valence-electron chi connectivity index (χ1n) is 11.7. The Balaban J connectivity index is 1.44. The minimum Gasteiger partial charge on any atom is -0.444 e. The molecule has 2 heterocycles. The summed E-state index contributed by atoms with van der Waals surface area (Å²) in [6.45, 7) is 7.40. The molecule has 1 aromatic carbocycles. The molecular weight excluding hydrogens is 454 g/mol. The highest BCUT2D eigenvalue weighted by molar-refractivity contribution is 8.13. The lowest BCUT2D eigenvalue weighted by atomic mass is 10.1. The van der Waals surface area contributed by atoms with Crippen molar-refractivity contribution in [2.45, 2.75) is 58.1 Å². The van der Waals surface area contributed by atoms with Crippen molar-refractivity contribution < 1.29 is 19.1 Å². The van der Waals surface area contributed by atoms with Gasteiger partial charge in [-0.2, -0.15) is 5.10 Å². The Morgan fingerprint density at radius 2 is 2.09 bits per heavy atom. The van der Waals surface area contributed by atoms with Crippen LogP contribution >= 0.6 is 11.8 Å². The number of fused-ring (bicyclic) bond motifs is 1. The van der Waals surface area contributed by atoms with Gasteiger partial charge in [-0.3, -0.25) is 9.59 Å². The van der Waals surface area contributed by atoms with Gasteiger partial charge in [0.1, 0.15) is 11.6 Å². The van der Waals surface area contributed by atoms with Crippen molar-refractivity contribution in [3.05, 3.63) is 29.8 Å². The Labute approximate surface area is 205 Å². The smallest absolute Gasteiger partial charge is 0.410 e. The summed E-state index contributed by atoms with van der Waals surface area (Å²) in [5.74, 6) is 1.43. The summed E-state index contributed by atoms with van der Waals surface area (Å²) >= 11 is 1.37. The van der Waals surface area contributed by atoms with Gasteiger partial charge in [0.2, 0.25) is 11.0 Å². The number of thioether (sulfide) groups is 1. The highest BCUT2D eigenvalue weighted by Crippen LogP contribution is 2.24. The molecule has 0 bridgehead atoms. The van der Waals surface area contributed by atoms with Crippen molar-refractivity contribution in [1.82, 2.24) is 15.2 Å². The summed E-state index contributed by atoms with van der Waals surface area (Å²) in [5, 5.41) is 7.55. The van der Waals surface area contributed by atoms with E-state index < -0.39 is 5.60 Å². The number of benzene rings is 1. The second-order valence-corrected chi connectivity index (χ2v) is 10.6. The fourth-order valence-electron chi connectivity index (χ4n) is 3.77. The van der Waals surface area contributed by atoms with Gasteiger partial charge in [-0.05, 0) is 45.7 Å². The number of hydrogen-bond donors (Lipinski definition) is 2. The summed E-state index contributed by atoms with van der Waals surface area (Å²) < 4.78 is 5.34. The van der Waals surface area contributed by atoms with Crippen LogP contribution in [0.3, 0.4) is 0 Å². The van der Waals surface area contributed by atoms with Gasteiger partial charge in [-0.1, -0.05) is 30.3 Å². The van der Waals surface area contributed by atoms with E-state index >= 15 is 0 Å². The van der Waals surface area contributed by atoms with E-state index in [4.69, 9.17) is 4.74 Å². The zero-order valence-corrected chi connectivity index (χ0v) is 21.2. The zero-order chi connectivity index (χ0) is 24.7. The van der Waals surface area contributed by atoms with Crippen molar-refractivity contribution in [2.75, 3.05) is 37.8 Å². The SMILES string of the molecule is CN(CCCCCC(=O)Nc1cccc(C2=NNCC3C(=O)SCCN23)c1)C(=O)OC(C)(C)C. The van der Waals surface area contributed by atoms with Crippen LogP contribution in [0.4, 0.5) is 10.5 Å². The summed E-state index contributed by atoms with van der Waals surface area (Å²) in [7, 11) is 1.72. The van der Waals surface area contributed by atoms with Crippen molar-refractivity contribution >= 4 is 40.4 Å². The monoisotopic (exact) mass is 489 g/mol. The number of hydrogen-bond acceptors (Lipinski definition) is 8. The molecule has 1 aromatic rings. The minimum atomic E-state index is -0.507. The van der Waals surface area contributed by atoms with E-state index in [1.54, 1.807) is 11.9 Å². The molecule has 9 nitrogen and oxygen atoms in total.